The van der Waals surface area contributed by atoms with Crippen molar-refractivity contribution in [1.82, 2.24) is 9.80 Å². The highest BCUT2D eigenvalue weighted by Gasteiger charge is 2.22. The number of ketones is 1. The SMILES string of the molecule is CN1CCC(N(C)CC(=O)c2cccc([N+](=O)[O-])c2)CC1. The molecule has 1 aromatic rings. The molecule has 0 spiro atoms. The number of nitrogens with zero attached hydrogens (tertiary/aromatic N) is 3. The van der Waals surface area contributed by atoms with Crippen molar-refractivity contribution in [3.63, 3.8) is 0 Å². The van der Waals surface area contributed by atoms with E-state index in [1.165, 1.54) is 12.1 Å². The molecule has 0 aliphatic carbocycles. The first-order chi connectivity index (χ1) is 9.97. The van der Waals surface area contributed by atoms with E-state index in [-0.39, 0.29) is 11.5 Å². The van der Waals surface area contributed by atoms with Crippen LogP contribution >= 0.6 is 0 Å². The Balaban J connectivity index is 1.97. The molecule has 0 unspecified atom stereocenters. The van der Waals surface area contributed by atoms with Crippen LogP contribution in [-0.4, -0.2) is 60.3 Å². The molecule has 114 valence electrons. The zero-order chi connectivity index (χ0) is 15.4. The summed E-state index contributed by atoms with van der Waals surface area (Å²) in [4.78, 5) is 26.9. The number of carbonyl (C=O) groups is 1. The lowest BCUT2D eigenvalue weighted by Gasteiger charge is -2.34. The second kappa shape index (κ2) is 6.78. The van der Waals surface area contributed by atoms with Crippen molar-refractivity contribution in [2.75, 3.05) is 33.7 Å². The number of nitro groups is 1. The zero-order valence-corrected chi connectivity index (χ0v) is 12.5. The van der Waals surface area contributed by atoms with Crippen LogP contribution in [0, 0.1) is 10.1 Å². The summed E-state index contributed by atoms with van der Waals surface area (Å²) in [5.41, 5.74) is 0.367. The van der Waals surface area contributed by atoms with Gasteiger partial charge in [-0.05, 0) is 40.0 Å². The van der Waals surface area contributed by atoms with Gasteiger partial charge in [0.05, 0.1) is 11.5 Å². The first kappa shape index (κ1) is 15.6. The average molecular weight is 291 g/mol. The Labute approximate surface area is 124 Å². The van der Waals surface area contributed by atoms with E-state index in [0.717, 1.165) is 25.9 Å². The molecule has 1 aromatic carbocycles. The molecule has 0 bridgehead atoms. The third kappa shape index (κ3) is 4.09. The molecule has 21 heavy (non-hydrogen) atoms. The topological polar surface area (TPSA) is 66.7 Å². The van der Waals surface area contributed by atoms with Gasteiger partial charge in [-0.1, -0.05) is 12.1 Å². The van der Waals surface area contributed by atoms with E-state index in [2.05, 4.69) is 16.8 Å². The highest BCUT2D eigenvalue weighted by molar-refractivity contribution is 5.98. The second-order valence-corrected chi connectivity index (χ2v) is 5.68. The van der Waals surface area contributed by atoms with Gasteiger partial charge in [-0.15, -0.1) is 0 Å². The van der Waals surface area contributed by atoms with Crippen LogP contribution in [0.4, 0.5) is 5.69 Å². The van der Waals surface area contributed by atoms with Gasteiger partial charge in [0.2, 0.25) is 0 Å². The van der Waals surface area contributed by atoms with Crippen molar-refractivity contribution >= 4 is 11.5 Å². The molecular weight excluding hydrogens is 270 g/mol. The van der Waals surface area contributed by atoms with Gasteiger partial charge in [0.1, 0.15) is 0 Å². The van der Waals surface area contributed by atoms with E-state index in [0.29, 0.717) is 18.2 Å². The van der Waals surface area contributed by atoms with Crippen LogP contribution in [0.2, 0.25) is 0 Å². The first-order valence-corrected chi connectivity index (χ1v) is 7.14. The molecule has 6 heteroatoms. The van der Waals surface area contributed by atoms with Gasteiger partial charge < -0.3 is 4.90 Å². The summed E-state index contributed by atoms with van der Waals surface area (Å²) in [7, 11) is 4.05. The molecule has 0 amide bonds. The molecule has 0 N–H and O–H groups in total. The number of likely N-dealkylation sites (N-methyl/N-ethyl adjacent to an activating group) is 1. The summed E-state index contributed by atoms with van der Waals surface area (Å²) in [6, 6.07) is 6.35. The normalized spacial score (nSPS) is 17.1. The van der Waals surface area contributed by atoms with E-state index in [1.54, 1.807) is 12.1 Å². The van der Waals surface area contributed by atoms with Gasteiger partial charge in [-0.3, -0.25) is 19.8 Å². The number of piperidine rings is 1. The van der Waals surface area contributed by atoms with Gasteiger partial charge in [0, 0.05) is 23.7 Å². The van der Waals surface area contributed by atoms with Crippen LogP contribution in [0.5, 0.6) is 0 Å². The Morgan fingerprint density at radius 3 is 2.71 bits per heavy atom. The van der Waals surface area contributed by atoms with Crippen molar-refractivity contribution in [3.8, 4) is 0 Å². The van der Waals surface area contributed by atoms with Gasteiger partial charge in [-0.2, -0.15) is 0 Å². The molecule has 0 atom stereocenters. The molecule has 6 nitrogen and oxygen atoms in total. The van der Waals surface area contributed by atoms with Crippen LogP contribution in [0.3, 0.4) is 0 Å². The van der Waals surface area contributed by atoms with Crippen LogP contribution in [0.25, 0.3) is 0 Å². The molecule has 0 saturated carbocycles. The maximum atomic E-state index is 12.3. The summed E-state index contributed by atoms with van der Waals surface area (Å²) in [6.45, 7) is 2.38. The van der Waals surface area contributed by atoms with Gasteiger partial charge in [0.25, 0.3) is 5.69 Å². The molecule has 1 aliphatic heterocycles. The van der Waals surface area contributed by atoms with E-state index in [4.69, 9.17) is 0 Å². The third-order valence-corrected chi connectivity index (χ3v) is 4.08. The van der Waals surface area contributed by atoms with E-state index < -0.39 is 4.92 Å². The molecule has 1 aliphatic rings. The first-order valence-electron chi connectivity index (χ1n) is 7.14. The zero-order valence-electron chi connectivity index (χ0n) is 12.5. The minimum atomic E-state index is -0.475. The molecule has 1 heterocycles. The lowest BCUT2D eigenvalue weighted by atomic mass is 10.0. The van der Waals surface area contributed by atoms with Crippen LogP contribution in [0.1, 0.15) is 23.2 Å². The fourth-order valence-electron chi connectivity index (χ4n) is 2.68. The number of rotatable bonds is 5. The Hall–Kier alpha value is -1.79. The average Bonchev–Trinajstić information content (AvgIpc) is 2.48. The van der Waals surface area contributed by atoms with Crippen molar-refractivity contribution in [2.45, 2.75) is 18.9 Å². The van der Waals surface area contributed by atoms with E-state index in [9.17, 15) is 14.9 Å². The summed E-state index contributed by atoms with van der Waals surface area (Å²) in [6.07, 6.45) is 2.10. The number of hydrogen-bond acceptors (Lipinski definition) is 5. The largest absolute Gasteiger partial charge is 0.306 e. The molecule has 2 rings (SSSR count). The summed E-state index contributed by atoms with van der Waals surface area (Å²) in [5, 5.41) is 10.8. The fraction of sp³-hybridized carbons (Fsp3) is 0.533. The minimum absolute atomic E-state index is 0.0391. The Kier molecular flexibility index (Phi) is 5.03. The number of non-ortho nitro benzene ring substituents is 1. The van der Waals surface area contributed by atoms with Crippen molar-refractivity contribution in [2.24, 2.45) is 0 Å². The molecular formula is C15H21N3O3. The highest BCUT2D eigenvalue weighted by atomic mass is 16.6. The van der Waals surface area contributed by atoms with Crippen molar-refractivity contribution < 1.29 is 9.72 Å². The Morgan fingerprint density at radius 2 is 2.10 bits per heavy atom. The monoisotopic (exact) mass is 291 g/mol. The minimum Gasteiger partial charge on any atom is -0.306 e. The maximum Gasteiger partial charge on any atom is 0.270 e. The van der Waals surface area contributed by atoms with Gasteiger partial charge >= 0.3 is 0 Å². The molecule has 1 fully saturated rings. The van der Waals surface area contributed by atoms with Gasteiger partial charge in [0.15, 0.2) is 5.78 Å². The maximum absolute atomic E-state index is 12.3. The molecule has 0 aromatic heterocycles. The number of nitro benzene ring substituents is 1. The van der Waals surface area contributed by atoms with Crippen LogP contribution in [-0.2, 0) is 0 Å². The van der Waals surface area contributed by atoms with E-state index >= 15 is 0 Å². The van der Waals surface area contributed by atoms with Crippen LogP contribution in [0.15, 0.2) is 24.3 Å². The number of carbonyl (C=O) groups excluding carboxylic acids is 1. The second-order valence-electron chi connectivity index (χ2n) is 5.68. The number of benzene rings is 1. The third-order valence-electron chi connectivity index (χ3n) is 4.08. The Morgan fingerprint density at radius 1 is 1.43 bits per heavy atom. The fourth-order valence-corrected chi connectivity index (χ4v) is 2.68. The van der Waals surface area contributed by atoms with Crippen molar-refractivity contribution in [1.29, 1.82) is 0 Å². The molecule has 0 radical (unpaired) electrons. The van der Waals surface area contributed by atoms with Gasteiger partial charge in [-0.25, -0.2) is 0 Å². The summed E-state index contributed by atoms with van der Waals surface area (Å²) >= 11 is 0. The van der Waals surface area contributed by atoms with Crippen LogP contribution < -0.4 is 0 Å². The van der Waals surface area contributed by atoms with Crippen molar-refractivity contribution in [3.05, 3.63) is 39.9 Å². The van der Waals surface area contributed by atoms with E-state index in [1.807, 2.05) is 7.05 Å². The lowest BCUT2D eigenvalue weighted by molar-refractivity contribution is -0.384. The lowest BCUT2D eigenvalue weighted by Crippen LogP contribution is -2.43. The summed E-state index contributed by atoms with van der Waals surface area (Å²) < 4.78 is 0. The smallest absolute Gasteiger partial charge is 0.270 e. The number of hydrogen-bond donors (Lipinski definition) is 0. The molecule has 1 saturated heterocycles. The number of likely N-dealkylation sites (tertiary alicyclic amines) is 1. The Bertz CT molecular complexity index is 525. The quantitative estimate of drug-likeness (QED) is 0.470. The predicted octanol–water partition coefficient (Wildman–Crippen LogP) is 1.80. The highest BCUT2D eigenvalue weighted by Crippen LogP contribution is 2.17. The number of Topliss-reactive ketones (excluding diaryl/α,β-unsaturated/α-hetero) is 1. The predicted molar refractivity (Wildman–Crippen MR) is 80.6 cm³/mol. The standard InChI is InChI=1S/C15H21N3O3/c1-16-8-6-13(7-9-16)17(2)11-15(19)12-4-3-5-14(10-12)18(20)21/h3-5,10,13H,6-9,11H2,1-2H3. The summed E-state index contributed by atoms with van der Waals surface area (Å²) in [5.74, 6) is -0.0693.